The molecule has 1 nitrogen and oxygen atoms in total. The van der Waals surface area contributed by atoms with Crippen LogP contribution in [0, 0.1) is 23.2 Å². The van der Waals surface area contributed by atoms with Crippen LogP contribution in [0.15, 0.2) is 0 Å². The lowest BCUT2D eigenvalue weighted by Gasteiger charge is -2.66. The molecule has 0 amide bonds. The van der Waals surface area contributed by atoms with E-state index in [0.717, 1.165) is 17.8 Å². The van der Waals surface area contributed by atoms with Crippen molar-refractivity contribution in [2.24, 2.45) is 23.2 Å². The summed E-state index contributed by atoms with van der Waals surface area (Å²) < 4.78 is 0. The van der Waals surface area contributed by atoms with Crippen molar-refractivity contribution in [3.8, 4) is 0 Å². The van der Waals surface area contributed by atoms with Gasteiger partial charge in [0.1, 0.15) is 0 Å². The van der Waals surface area contributed by atoms with Gasteiger partial charge in [0.15, 0.2) is 0 Å². The van der Waals surface area contributed by atoms with E-state index in [4.69, 9.17) is 0 Å². The highest BCUT2D eigenvalue weighted by Gasteiger charge is 2.60. The Morgan fingerprint density at radius 2 is 1.57 bits per heavy atom. The predicted molar refractivity (Wildman–Crippen MR) is 59.1 cm³/mol. The second-order valence-electron chi connectivity index (χ2n) is 6.60. The van der Waals surface area contributed by atoms with E-state index in [2.05, 4.69) is 26.2 Å². The minimum absolute atomic E-state index is 0.488. The van der Waals surface area contributed by atoms with Crippen molar-refractivity contribution in [1.82, 2.24) is 5.32 Å². The molecule has 80 valence electrons. The molecule has 1 heteroatoms. The van der Waals surface area contributed by atoms with Crippen LogP contribution in [0.3, 0.4) is 0 Å². The van der Waals surface area contributed by atoms with E-state index in [1.54, 1.807) is 0 Å². The second kappa shape index (κ2) is 2.55. The van der Waals surface area contributed by atoms with Crippen LogP contribution in [0.4, 0.5) is 0 Å². The molecular formula is C13H23N. The van der Waals surface area contributed by atoms with Gasteiger partial charge in [-0.1, -0.05) is 13.8 Å². The third-order valence-corrected chi connectivity index (χ3v) is 5.91. The molecular weight excluding hydrogens is 170 g/mol. The van der Waals surface area contributed by atoms with E-state index < -0.39 is 0 Å². The number of rotatable bonds is 1. The van der Waals surface area contributed by atoms with Gasteiger partial charge in [-0.25, -0.2) is 0 Å². The molecule has 0 aromatic rings. The highest BCUT2D eigenvalue weighted by atomic mass is 15.0. The first-order chi connectivity index (χ1) is 6.57. The molecule has 0 aliphatic heterocycles. The van der Waals surface area contributed by atoms with Crippen LogP contribution >= 0.6 is 0 Å². The zero-order valence-corrected chi connectivity index (χ0v) is 9.77. The summed E-state index contributed by atoms with van der Waals surface area (Å²) in [7, 11) is 2.19. The van der Waals surface area contributed by atoms with Crippen molar-refractivity contribution in [2.45, 2.75) is 51.5 Å². The zero-order chi connectivity index (χ0) is 9.97. The van der Waals surface area contributed by atoms with Gasteiger partial charge in [0.05, 0.1) is 0 Å². The van der Waals surface area contributed by atoms with Crippen LogP contribution in [0.1, 0.15) is 46.0 Å². The molecule has 0 spiro atoms. The average molecular weight is 193 g/mol. The summed E-state index contributed by atoms with van der Waals surface area (Å²) in [5, 5.41) is 3.70. The molecule has 4 rings (SSSR count). The molecule has 0 heterocycles. The summed E-state index contributed by atoms with van der Waals surface area (Å²) in [6.07, 6.45) is 7.48. The van der Waals surface area contributed by atoms with Gasteiger partial charge in [-0.3, -0.25) is 0 Å². The normalized spacial score (nSPS) is 53.8. The van der Waals surface area contributed by atoms with Crippen molar-refractivity contribution in [1.29, 1.82) is 0 Å². The number of hydrogen-bond acceptors (Lipinski definition) is 1. The number of hydrogen-bond donors (Lipinski definition) is 1. The van der Waals surface area contributed by atoms with Crippen molar-refractivity contribution in [3.63, 3.8) is 0 Å². The maximum absolute atomic E-state index is 3.70. The molecule has 4 aliphatic rings. The van der Waals surface area contributed by atoms with Crippen molar-refractivity contribution < 1.29 is 0 Å². The second-order valence-corrected chi connectivity index (χ2v) is 6.60. The smallest absolute Gasteiger partial charge is 0.0237 e. The maximum atomic E-state index is 3.70. The Morgan fingerprint density at radius 3 is 2.07 bits per heavy atom. The topological polar surface area (TPSA) is 12.0 Å². The van der Waals surface area contributed by atoms with Gasteiger partial charge in [0.2, 0.25) is 0 Å². The Bertz CT molecular complexity index is 242. The third kappa shape index (κ3) is 0.900. The van der Waals surface area contributed by atoms with E-state index in [1.807, 2.05) is 0 Å². The van der Waals surface area contributed by atoms with Crippen LogP contribution in [-0.2, 0) is 0 Å². The summed E-state index contributed by atoms with van der Waals surface area (Å²) in [5.74, 6) is 3.10. The molecule has 0 saturated heterocycles. The highest BCUT2D eigenvalue weighted by Crippen LogP contribution is 2.63. The van der Waals surface area contributed by atoms with Gasteiger partial charge in [-0.15, -0.1) is 0 Å². The highest BCUT2D eigenvalue weighted by molar-refractivity contribution is 5.14. The molecule has 4 atom stereocenters. The lowest BCUT2D eigenvalue weighted by atomic mass is 9.43. The molecule has 0 radical (unpaired) electrons. The Labute approximate surface area is 87.7 Å². The van der Waals surface area contributed by atoms with Crippen LogP contribution in [-0.4, -0.2) is 12.6 Å². The van der Waals surface area contributed by atoms with E-state index in [9.17, 15) is 0 Å². The first-order valence-corrected chi connectivity index (χ1v) is 6.26. The monoisotopic (exact) mass is 193 g/mol. The first kappa shape index (κ1) is 9.21. The summed E-state index contributed by atoms with van der Waals surface area (Å²) in [5.41, 5.74) is 1.02. The first-order valence-electron chi connectivity index (χ1n) is 6.26. The predicted octanol–water partition coefficient (Wildman–Crippen LogP) is 2.81. The van der Waals surface area contributed by atoms with Crippen LogP contribution < -0.4 is 5.32 Å². The van der Waals surface area contributed by atoms with Gasteiger partial charge in [0.25, 0.3) is 0 Å². The minimum Gasteiger partial charge on any atom is -0.314 e. The van der Waals surface area contributed by atoms with Gasteiger partial charge in [-0.2, -0.15) is 0 Å². The van der Waals surface area contributed by atoms with E-state index in [-0.39, 0.29) is 0 Å². The molecule has 0 aromatic heterocycles. The van der Waals surface area contributed by atoms with Gasteiger partial charge >= 0.3 is 0 Å². The van der Waals surface area contributed by atoms with Crippen LogP contribution in [0.5, 0.6) is 0 Å². The summed E-state index contributed by atoms with van der Waals surface area (Å²) in [6.45, 7) is 5.01. The Morgan fingerprint density at radius 1 is 1.00 bits per heavy atom. The molecule has 1 N–H and O–H groups in total. The standard InChI is InChI=1S/C13H23N/c1-12(2)11-5-9-4-10(6-11)8-13(12,7-9)14-3/h9-11,14H,4-8H2,1-3H3/t9-,10+,11?,13?. The SMILES string of the molecule is CNC12C[C@@H]3CC(C[C@@H](C3)C1)C2(C)C. The Hall–Kier alpha value is -0.0400. The Kier molecular flexibility index (Phi) is 1.68. The van der Waals surface area contributed by atoms with E-state index >= 15 is 0 Å². The molecule has 4 aliphatic carbocycles. The van der Waals surface area contributed by atoms with Gasteiger partial charge < -0.3 is 5.32 Å². The van der Waals surface area contributed by atoms with E-state index in [1.165, 1.54) is 32.1 Å². The quantitative estimate of drug-likeness (QED) is 0.675. The summed E-state index contributed by atoms with van der Waals surface area (Å²) in [6, 6.07) is 0. The van der Waals surface area contributed by atoms with E-state index in [0.29, 0.717) is 11.0 Å². The van der Waals surface area contributed by atoms with Crippen molar-refractivity contribution in [3.05, 3.63) is 0 Å². The molecule has 4 bridgehead atoms. The molecule has 0 aromatic carbocycles. The van der Waals surface area contributed by atoms with Gasteiger partial charge in [-0.05, 0) is 62.3 Å². The third-order valence-electron chi connectivity index (χ3n) is 5.91. The lowest BCUT2D eigenvalue weighted by Crippen LogP contribution is -2.67. The summed E-state index contributed by atoms with van der Waals surface area (Å²) >= 11 is 0. The van der Waals surface area contributed by atoms with Gasteiger partial charge in [0, 0.05) is 5.54 Å². The zero-order valence-electron chi connectivity index (χ0n) is 9.77. The fraction of sp³-hybridized carbons (Fsp3) is 1.00. The van der Waals surface area contributed by atoms with Crippen LogP contribution in [0.25, 0.3) is 0 Å². The number of nitrogens with one attached hydrogen (secondary N) is 1. The molecule has 4 fully saturated rings. The summed E-state index contributed by atoms with van der Waals surface area (Å²) in [4.78, 5) is 0. The van der Waals surface area contributed by atoms with Crippen molar-refractivity contribution >= 4 is 0 Å². The average Bonchev–Trinajstić information content (AvgIpc) is 2.13. The molecule has 14 heavy (non-hydrogen) atoms. The molecule has 2 unspecified atom stereocenters. The fourth-order valence-electron chi connectivity index (χ4n) is 5.00. The fourth-order valence-corrected chi connectivity index (χ4v) is 5.00. The maximum Gasteiger partial charge on any atom is 0.0237 e. The van der Waals surface area contributed by atoms with Crippen LogP contribution in [0.2, 0.25) is 0 Å². The van der Waals surface area contributed by atoms with Crippen molar-refractivity contribution in [2.75, 3.05) is 7.05 Å². The largest absolute Gasteiger partial charge is 0.314 e. The lowest BCUT2D eigenvalue weighted by molar-refractivity contribution is -0.120. The minimum atomic E-state index is 0.488. The molecule has 4 saturated carbocycles. The Balaban J connectivity index is 2.02.